The Labute approximate surface area is 344 Å². The minimum atomic E-state index is -10.3. The van der Waals surface area contributed by atoms with Gasteiger partial charge in [-0.05, 0) is 18.6 Å². The van der Waals surface area contributed by atoms with Gasteiger partial charge < -0.3 is 10.1 Å². The summed E-state index contributed by atoms with van der Waals surface area (Å²) in [5.74, 6) is -140. The van der Waals surface area contributed by atoms with Gasteiger partial charge in [-0.3, -0.25) is 9.59 Å². The van der Waals surface area contributed by atoms with Crippen LogP contribution < -0.4 is 5.32 Å². The Bertz CT molecular complexity index is 2190. The van der Waals surface area contributed by atoms with Crippen LogP contribution in [0.1, 0.15) is 28.4 Å². The van der Waals surface area contributed by atoms with Gasteiger partial charge in [0.15, 0.2) is 6.73 Å². The first-order valence-corrected chi connectivity index (χ1v) is 15.2. The number of aliphatic imine (C=N–C) groups is 2. The number of esters is 1. The molecule has 0 unspecified atom stereocenters. The number of alkyl halides is 31. The topological polar surface area (TPSA) is 114 Å². The van der Waals surface area contributed by atoms with Crippen molar-refractivity contribution in [1.29, 1.82) is 0 Å². The molecule has 0 radical (unpaired) electrons. The van der Waals surface area contributed by atoms with Gasteiger partial charge in [-0.1, -0.05) is 0 Å². The number of benzene rings is 1. The summed E-state index contributed by atoms with van der Waals surface area (Å²) in [7, 11) is 0. The van der Waals surface area contributed by atoms with Crippen LogP contribution in [0.3, 0.4) is 0 Å². The van der Waals surface area contributed by atoms with Crippen LogP contribution in [0.25, 0.3) is 0 Å². The minimum Gasteiger partial charge on any atom is -0.445 e. The summed E-state index contributed by atoms with van der Waals surface area (Å²) < 4.78 is 441. The van der Waals surface area contributed by atoms with Crippen LogP contribution >= 0.6 is 0 Å². The quantitative estimate of drug-likeness (QED) is 0.0487. The molecule has 0 aliphatic heterocycles. The van der Waals surface area contributed by atoms with Crippen molar-refractivity contribution in [3.05, 3.63) is 22.8 Å². The first-order valence-electron chi connectivity index (χ1n) is 15.2. The van der Waals surface area contributed by atoms with Crippen LogP contribution in [0.15, 0.2) is 16.1 Å². The van der Waals surface area contributed by atoms with Crippen LogP contribution in [0.5, 0.6) is 0 Å². The van der Waals surface area contributed by atoms with Crippen molar-refractivity contribution in [2.45, 2.75) is 103 Å². The summed E-state index contributed by atoms with van der Waals surface area (Å²) in [5, 5.41) is 1.07. The maximum atomic E-state index is 15.7. The van der Waals surface area contributed by atoms with Crippen LogP contribution in [-0.2, 0) is 25.0 Å². The molecule has 0 aromatic heterocycles. The number of rotatable bonds is 19. The van der Waals surface area contributed by atoms with E-state index in [2.05, 4.69) is 14.7 Å². The van der Waals surface area contributed by atoms with E-state index < -0.39 is 136 Å². The second-order valence-corrected chi connectivity index (χ2v) is 12.5. The molecule has 1 amide bonds. The molecule has 0 bridgehead atoms. The first-order chi connectivity index (χ1) is 29.1. The molecule has 0 spiro atoms. The molecule has 1 aromatic carbocycles. The molecule has 0 aliphatic rings. The summed E-state index contributed by atoms with van der Waals surface area (Å²) in [5.41, 5.74) is -12.3. The molecular weight excluding hydrogens is 1050 g/mol. The maximum Gasteiger partial charge on any atom is 0.460 e. The number of amides is 1. The molecule has 1 N–H and O–H groups in total. The van der Waals surface area contributed by atoms with E-state index in [0.29, 0.717) is 13.0 Å². The van der Waals surface area contributed by atoms with E-state index in [9.17, 15) is 138 Å². The third kappa shape index (κ3) is 7.92. The number of hydrogen-bond acceptors (Lipinski definition) is 7. The normalized spacial score (nSPS) is 15.1. The van der Waals surface area contributed by atoms with Crippen molar-refractivity contribution in [3.8, 4) is 0 Å². The summed E-state index contributed by atoms with van der Waals surface area (Å²) >= 11 is 0. The van der Waals surface area contributed by atoms with Crippen molar-refractivity contribution in [2.75, 3.05) is 6.73 Å². The zero-order valence-corrected chi connectivity index (χ0v) is 30.4. The second-order valence-electron chi connectivity index (χ2n) is 12.5. The van der Waals surface area contributed by atoms with Gasteiger partial charge in [0, 0.05) is 6.92 Å². The third-order valence-electron chi connectivity index (χ3n) is 8.32. The zero-order chi connectivity index (χ0) is 54.2. The number of carbonyl (C=O) groups excluding carboxylic acids is 4. The Balaban J connectivity index is 4.35. The van der Waals surface area contributed by atoms with Gasteiger partial charge in [0.2, 0.25) is 12.2 Å². The molecule has 0 fully saturated rings. The van der Waals surface area contributed by atoms with Crippen molar-refractivity contribution in [3.63, 3.8) is 0 Å². The van der Waals surface area contributed by atoms with Crippen molar-refractivity contribution < 1.29 is 160 Å². The zero-order valence-electron chi connectivity index (χ0n) is 30.4. The average Bonchev–Trinajstić information content (AvgIpc) is 3.13. The van der Waals surface area contributed by atoms with Crippen LogP contribution in [0.2, 0.25) is 0 Å². The van der Waals surface area contributed by atoms with E-state index in [1.807, 2.05) is 0 Å². The third-order valence-corrected chi connectivity index (χ3v) is 8.32. The van der Waals surface area contributed by atoms with Gasteiger partial charge in [-0.15, -0.1) is 0 Å². The Morgan fingerprint density at radius 3 is 1.04 bits per heavy atom. The molecule has 0 saturated carbocycles. The molecule has 0 aliphatic carbocycles. The Morgan fingerprint density at radius 1 is 0.493 bits per heavy atom. The predicted octanol–water partition coefficient (Wildman–Crippen LogP) is 11.1. The molecule has 0 saturated heterocycles. The molecule has 0 atom stereocenters. The number of ether oxygens (including phenoxy) is 1. The molecule has 0 heterocycles. The highest BCUT2D eigenvalue weighted by Crippen LogP contribution is 2.70. The molecular formula is C28H10F31N3O5. The Kier molecular flexibility index (Phi) is 15.0. The van der Waals surface area contributed by atoms with Crippen molar-refractivity contribution in [1.82, 2.24) is 5.32 Å². The summed E-state index contributed by atoms with van der Waals surface area (Å²) in [6.07, 6.45) is -7.97. The number of isocyanates is 2. The summed E-state index contributed by atoms with van der Waals surface area (Å²) in [6.45, 7) is -1.06. The van der Waals surface area contributed by atoms with E-state index in [4.69, 9.17) is 0 Å². The molecule has 1 aromatic rings. The Morgan fingerprint density at radius 2 is 0.776 bits per heavy atom. The second kappa shape index (κ2) is 16.8. The lowest BCUT2D eigenvalue weighted by Crippen LogP contribution is -2.79. The van der Waals surface area contributed by atoms with Gasteiger partial charge in [0.25, 0.3) is 5.91 Å². The molecule has 8 nitrogen and oxygen atoms in total. The van der Waals surface area contributed by atoms with Crippen LogP contribution in [-0.4, -0.2) is 114 Å². The lowest BCUT2D eigenvalue weighted by Gasteiger charge is -2.46. The van der Waals surface area contributed by atoms with E-state index in [1.54, 1.807) is 0 Å². The van der Waals surface area contributed by atoms with E-state index in [-0.39, 0.29) is 19.1 Å². The summed E-state index contributed by atoms with van der Waals surface area (Å²) in [6, 6.07) is -0.0527. The number of halogens is 31. The minimum absolute atomic E-state index is 0.0527. The number of hydrogen-bond donors (Lipinski definition) is 1. The lowest BCUT2D eigenvalue weighted by molar-refractivity contribution is -0.489. The van der Waals surface area contributed by atoms with E-state index >= 15 is 17.6 Å². The van der Waals surface area contributed by atoms with Gasteiger partial charge >= 0.3 is 95.1 Å². The lowest BCUT2D eigenvalue weighted by atomic mass is 9.82. The summed E-state index contributed by atoms with van der Waals surface area (Å²) in [4.78, 5) is 49.9. The van der Waals surface area contributed by atoms with E-state index in [1.165, 1.54) is 0 Å². The number of nitrogens with one attached hydrogen (secondary N) is 1. The molecule has 39 heteroatoms. The largest absolute Gasteiger partial charge is 0.460 e. The van der Waals surface area contributed by atoms with Crippen LogP contribution in [0.4, 0.5) is 147 Å². The van der Waals surface area contributed by atoms with Gasteiger partial charge in [-0.2, -0.15) is 146 Å². The number of aryl methyl sites for hydroxylation is 1. The highest BCUT2D eigenvalue weighted by Gasteiger charge is 3.01. The van der Waals surface area contributed by atoms with Crippen LogP contribution in [0, 0.1) is 6.92 Å². The van der Waals surface area contributed by atoms with Crippen molar-refractivity contribution in [2.24, 2.45) is 9.98 Å². The Hall–Kier alpha value is -5.25. The monoisotopic (exact) mass is 1060 g/mol. The molecule has 1 rings (SSSR count). The maximum absolute atomic E-state index is 15.7. The molecule has 67 heavy (non-hydrogen) atoms. The highest BCUT2D eigenvalue weighted by molar-refractivity contribution is 6.03. The fraction of sp³-hybridized carbons (Fsp3) is 0.643. The van der Waals surface area contributed by atoms with Crippen molar-refractivity contribution >= 4 is 35.4 Å². The van der Waals surface area contributed by atoms with Gasteiger partial charge in [-0.25, -0.2) is 9.59 Å². The van der Waals surface area contributed by atoms with E-state index in [0.717, 1.165) is 5.32 Å². The first kappa shape index (κ1) is 59.8. The highest BCUT2D eigenvalue weighted by atomic mass is 19.4. The SMILES string of the molecule is CC(=O)OCNC(=O)c1c(N=C=O)cc(C)c(N=C=O)c1C(F)(F)C(F)(F)C(F)(F)C(F)(F)C(F)(F)C(F)(F)C(F)(F)C(F)(F)C(F)(F)C(F)(F)C(F)(F)C(F)(F)C(F)(F)C(F)(F)C(F)(F)F. The molecule has 384 valence electrons. The number of carbonyl (C=O) groups is 2. The predicted molar refractivity (Wildman–Crippen MR) is 145 cm³/mol. The average molecular weight is 1060 g/mol. The fourth-order valence-corrected chi connectivity index (χ4v) is 4.64. The standard InChI is InChI=1S/C28H10F31N3O5/c1-7-3-9(60-4-63)10(13(66)62-6-67-8(2)65)11(12(7)61-5-64)14(29,30)15(31,32)16(33,34)17(35,36)18(37,38)19(39,40)20(41,42)21(43,44)22(45,46)23(47,48)24(49,50)25(51,52)26(53,54)27(55,56)28(57,58)59/h3H,6H2,1-2H3,(H,62,66). The smallest absolute Gasteiger partial charge is 0.445 e. The number of nitrogens with zero attached hydrogens (tertiary/aromatic N) is 2. The fourth-order valence-electron chi connectivity index (χ4n) is 4.64. The van der Waals surface area contributed by atoms with Gasteiger partial charge in [0.1, 0.15) is 0 Å². The van der Waals surface area contributed by atoms with Gasteiger partial charge in [0.05, 0.1) is 22.5 Å².